The zero-order valence-corrected chi connectivity index (χ0v) is 11.2. The van der Waals surface area contributed by atoms with E-state index in [9.17, 15) is 8.78 Å². The lowest BCUT2D eigenvalue weighted by Crippen LogP contribution is -2.37. The van der Waals surface area contributed by atoms with Crippen molar-refractivity contribution < 1.29 is 8.78 Å². The predicted octanol–water partition coefficient (Wildman–Crippen LogP) is 3.06. The third kappa shape index (κ3) is 2.68. The van der Waals surface area contributed by atoms with Gasteiger partial charge in [0.25, 0.3) is 0 Å². The fourth-order valence-corrected chi connectivity index (χ4v) is 3.75. The minimum atomic E-state index is -0.774. The van der Waals surface area contributed by atoms with E-state index in [1.807, 2.05) is 0 Å². The van der Waals surface area contributed by atoms with Crippen molar-refractivity contribution in [2.75, 3.05) is 5.75 Å². The maximum absolute atomic E-state index is 14.0. The fraction of sp³-hybridized carbons (Fsp3) is 0.538. The summed E-state index contributed by atoms with van der Waals surface area (Å²) < 4.78 is 27.6. The van der Waals surface area contributed by atoms with Crippen molar-refractivity contribution >= 4 is 11.8 Å². The lowest BCUT2D eigenvalue weighted by Gasteiger charge is -2.30. The summed E-state index contributed by atoms with van der Waals surface area (Å²) in [6.07, 6.45) is 3.28. The van der Waals surface area contributed by atoms with Crippen LogP contribution in [0.4, 0.5) is 8.78 Å². The lowest BCUT2D eigenvalue weighted by atomic mass is 9.98. The summed E-state index contributed by atoms with van der Waals surface area (Å²) in [5, 5.41) is 0.209. The number of nitrogens with one attached hydrogen (secondary N) is 1. The van der Waals surface area contributed by atoms with Crippen molar-refractivity contribution in [1.29, 1.82) is 0 Å². The Labute approximate surface area is 110 Å². The zero-order chi connectivity index (χ0) is 13.1. The molecule has 18 heavy (non-hydrogen) atoms. The van der Waals surface area contributed by atoms with Crippen LogP contribution < -0.4 is 11.3 Å². The molecule has 0 saturated carbocycles. The monoisotopic (exact) mass is 272 g/mol. The molecule has 0 radical (unpaired) electrons. The molecule has 5 heteroatoms. The van der Waals surface area contributed by atoms with Crippen molar-refractivity contribution in [3.8, 4) is 0 Å². The third-order valence-corrected chi connectivity index (χ3v) is 4.87. The SMILES string of the molecule is Cc1ccc(C(NN)C2CCCCS2)c(F)c1F. The van der Waals surface area contributed by atoms with E-state index in [1.54, 1.807) is 30.8 Å². The Morgan fingerprint density at radius 1 is 1.33 bits per heavy atom. The standard InChI is InChI=1S/C13H18F2N2S/c1-8-5-6-9(12(15)11(8)14)13(17-16)10-4-2-3-7-18-10/h5-6,10,13,17H,2-4,7,16H2,1H3. The Bertz CT molecular complexity index is 420. The van der Waals surface area contributed by atoms with Gasteiger partial charge in [-0.1, -0.05) is 18.6 Å². The van der Waals surface area contributed by atoms with Crippen LogP contribution in [0.5, 0.6) is 0 Å². The van der Waals surface area contributed by atoms with Gasteiger partial charge in [-0.2, -0.15) is 11.8 Å². The van der Waals surface area contributed by atoms with Crippen LogP contribution in [0.3, 0.4) is 0 Å². The normalized spacial score (nSPS) is 21.9. The first kappa shape index (κ1) is 13.8. The van der Waals surface area contributed by atoms with Crippen LogP contribution in [0.15, 0.2) is 12.1 Å². The molecule has 0 spiro atoms. The molecular weight excluding hydrogens is 254 g/mol. The van der Waals surface area contributed by atoms with Crippen LogP contribution in [0.25, 0.3) is 0 Å². The largest absolute Gasteiger partial charge is 0.271 e. The minimum Gasteiger partial charge on any atom is -0.271 e. The summed E-state index contributed by atoms with van der Waals surface area (Å²) in [4.78, 5) is 0. The van der Waals surface area contributed by atoms with Crippen LogP contribution in [0, 0.1) is 18.6 Å². The number of thioether (sulfide) groups is 1. The number of rotatable bonds is 3. The first-order valence-corrected chi connectivity index (χ1v) is 7.22. The van der Waals surface area contributed by atoms with Gasteiger partial charge in [-0.05, 0) is 31.1 Å². The molecule has 1 aromatic carbocycles. The lowest BCUT2D eigenvalue weighted by molar-refractivity contribution is 0.442. The molecule has 0 aromatic heterocycles. The summed E-state index contributed by atoms with van der Waals surface area (Å²) in [6, 6.07) is 2.91. The molecule has 2 rings (SSSR count). The molecular formula is C13H18F2N2S. The highest BCUT2D eigenvalue weighted by atomic mass is 32.2. The van der Waals surface area contributed by atoms with E-state index >= 15 is 0 Å². The summed E-state index contributed by atoms with van der Waals surface area (Å²) in [5.41, 5.74) is 3.30. The van der Waals surface area contributed by atoms with Gasteiger partial charge >= 0.3 is 0 Å². The first-order valence-electron chi connectivity index (χ1n) is 6.17. The number of halogens is 2. The van der Waals surface area contributed by atoms with Crippen LogP contribution in [0.1, 0.15) is 36.4 Å². The molecule has 1 fully saturated rings. The molecule has 1 aromatic rings. The molecule has 2 unspecified atom stereocenters. The van der Waals surface area contributed by atoms with Gasteiger partial charge in [0.2, 0.25) is 0 Å². The van der Waals surface area contributed by atoms with E-state index in [2.05, 4.69) is 5.43 Å². The van der Waals surface area contributed by atoms with Gasteiger partial charge in [-0.25, -0.2) is 8.78 Å². The van der Waals surface area contributed by atoms with E-state index in [-0.39, 0.29) is 11.3 Å². The van der Waals surface area contributed by atoms with Gasteiger partial charge in [0, 0.05) is 10.8 Å². The summed E-state index contributed by atoms with van der Waals surface area (Å²) >= 11 is 1.78. The highest BCUT2D eigenvalue weighted by Crippen LogP contribution is 2.35. The molecule has 2 atom stereocenters. The van der Waals surface area contributed by atoms with Gasteiger partial charge in [-0.15, -0.1) is 0 Å². The quantitative estimate of drug-likeness (QED) is 0.656. The Morgan fingerprint density at radius 3 is 2.72 bits per heavy atom. The molecule has 2 nitrogen and oxygen atoms in total. The average molecular weight is 272 g/mol. The zero-order valence-electron chi connectivity index (χ0n) is 10.4. The highest BCUT2D eigenvalue weighted by molar-refractivity contribution is 8.00. The second-order valence-corrected chi connectivity index (χ2v) is 6.00. The Morgan fingerprint density at radius 2 is 2.11 bits per heavy atom. The molecule has 0 amide bonds. The van der Waals surface area contributed by atoms with Gasteiger partial charge in [0.05, 0.1) is 6.04 Å². The smallest absolute Gasteiger partial charge is 0.163 e. The number of hydrogen-bond donors (Lipinski definition) is 2. The van der Waals surface area contributed by atoms with E-state index in [0.29, 0.717) is 11.1 Å². The summed E-state index contributed by atoms with van der Waals surface area (Å²) in [7, 11) is 0. The van der Waals surface area contributed by atoms with Crippen LogP contribution >= 0.6 is 11.8 Å². The first-order chi connectivity index (χ1) is 8.65. The molecule has 1 heterocycles. The minimum absolute atomic E-state index is 0.209. The predicted molar refractivity (Wildman–Crippen MR) is 71.3 cm³/mol. The Balaban J connectivity index is 2.29. The van der Waals surface area contributed by atoms with E-state index in [0.717, 1.165) is 18.6 Å². The number of nitrogens with two attached hydrogens (primary N) is 1. The van der Waals surface area contributed by atoms with Crippen LogP contribution in [-0.2, 0) is 0 Å². The number of aryl methyl sites for hydroxylation is 1. The molecule has 1 aliphatic heterocycles. The van der Waals surface area contributed by atoms with Crippen LogP contribution in [-0.4, -0.2) is 11.0 Å². The molecule has 1 saturated heterocycles. The fourth-order valence-electron chi connectivity index (χ4n) is 2.33. The number of hydrogen-bond acceptors (Lipinski definition) is 3. The summed E-state index contributed by atoms with van der Waals surface area (Å²) in [6.45, 7) is 1.56. The second-order valence-electron chi connectivity index (χ2n) is 4.65. The van der Waals surface area contributed by atoms with E-state index in [4.69, 9.17) is 5.84 Å². The summed E-state index contributed by atoms with van der Waals surface area (Å²) in [5.74, 6) is 5.05. The molecule has 0 aliphatic carbocycles. The maximum Gasteiger partial charge on any atom is 0.163 e. The van der Waals surface area contributed by atoms with Crippen molar-refractivity contribution in [3.05, 3.63) is 34.9 Å². The van der Waals surface area contributed by atoms with Gasteiger partial charge in [0.15, 0.2) is 11.6 Å². The molecule has 3 N–H and O–H groups in total. The average Bonchev–Trinajstić information content (AvgIpc) is 2.41. The van der Waals surface area contributed by atoms with Crippen molar-refractivity contribution in [2.45, 2.75) is 37.5 Å². The van der Waals surface area contributed by atoms with Crippen molar-refractivity contribution in [1.82, 2.24) is 5.43 Å². The Hall–Kier alpha value is -0.650. The van der Waals surface area contributed by atoms with Gasteiger partial charge in [-0.3, -0.25) is 11.3 Å². The number of hydrazine groups is 1. The number of benzene rings is 1. The van der Waals surface area contributed by atoms with Gasteiger partial charge < -0.3 is 0 Å². The van der Waals surface area contributed by atoms with Crippen molar-refractivity contribution in [3.63, 3.8) is 0 Å². The molecule has 100 valence electrons. The molecule has 1 aliphatic rings. The van der Waals surface area contributed by atoms with E-state index in [1.165, 1.54) is 6.42 Å². The highest BCUT2D eigenvalue weighted by Gasteiger charge is 2.28. The topological polar surface area (TPSA) is 38.0 Å². The molecule has 0 bridgehead atoms. The van der Waals surface area contributed by atoms with E-state index < -0.39 is 11.6 Å². The second kappa shape index (κ2) is 5.99. The maximum atomic E-state index is 14.0. The van der Waals surface area contributed by atoms with Gasteiger partial charge in [0.1, 0.15) is 0 Å². The third-order valence-electron chi connectivity index (χ3n) is 3.41. The van der Waals surface area contributed by atoms with Crippen molar-refractivity contribution in [2.24, 2.45) is 5.84 Å². The van der Waals surface area contributed by atoms with Crippen LogP contribution in [0.2, 0.25) is 0 Å². The Kier molecular flexibility index (Phi) is 4.59.